The van der Waals surface area contributed by atoms with E-state index in [-0.39, 0.29) is 21.9 Å². The lowest BCUT2D eigenvalue weighted by Crippen LogP contribution is -2.16. The molecule has 0 bridgehead atoms. The highest BCUT2D eigenvalue weighted by Gasteiger charge is 2.20. The van der Waals surface area contributed by atoms with Gasteiger partial charge in [0.15, 0.2) is 5.78 Å². The lowest BCUT2D eigenvalue weighted by molar-refractivity contribution is 0.103. The minimum atomic E-state index is -3.92. The first-order valence-corrected chi connectivity index (χ1v) is 9.78. The molecule has 0 aliphatic rings. The number of sulfonamides is 1. The van der Waals surface area contributed by atoms with Crippen molar-refractivity contribution in [3.05, 3.63) is 94.0 Å². The maximum atomic E-state index is 12.8. The minimum Gasteiger partial charge on any atom is -0.289 e. The first-order valence-electron chi connectivity index (χ1n) is 7.54. The molecule has 0 aliphatic heterocycles. The van der Waals surface area contributed by atoms with Crippen molar-refractivity contribution in [2.45, 2.75) is 4.90 Å². The van der Waals surface area contributed by atoms with Crippen molar-refractivity contribution in [1.82, 2.24) is 0 Å². The number of rotatable bonds is 5. The third kappa shape index (κ3) is 4.07. The van der Waals surface area contributed by atoms with Gasteiger partial charge in [0.1, 0.15) is 0 Å². The van der Waals surface area contributed by atoms with Crippen LogP contribution >= 0.6 is 23.2 Å². The summed E-state index contributed by atoms with van der Waals surface area (Å²) in [4.78, 5) is 12.8. The van der Waals surface area contributed by atoms with Crippen molar-refractivity contribution in [1.29, 1.82) is 0 Å². The van der Waals surface area contributed by atoms with Crippen LogP contribution in [0.4, 0.5) is 5.69 Å². The molecule has 0 aliphatic carbocycles. The number of benzene rings is 3. The molecule has 7 heteroatoms. The SMILES string of the molecule is O=C(c1ccccc1)c1cc(Cl)ccc1NS(=O)(=O)c1cccc(Cl)c1. The van der Waals surface area contributed by atoms with Crippen molar-refractivity contribution in [3.8, 4) is 0 Å². The van der Waals surface area contributed by atoms with Crippen LogP contribution in [0.5, 0.6) is 0 Å². The zero-order valence-corrected chi connectivity index (χ0v) is 15.6. The van der Waals surface area contributed by atoms with E-state index in [2.05, 4.69) is 4.72 Å². The number of ketones is 1. The van der Waals surface area contributed by atoms with Crippen molar-refractivity contribution < 1.29 is 13.2 Å². The molecule has 1 N–H and O–H groups in total. The smallest absolute Gasteiger partial charge is 0.261 e. The predicted octanol–water partition coefficient (Wildman–Crippen LogP) is 5.03. The average molecular weight is 406 g/mol. The zero-order chi connectivity index (χ0) is 18.7. The summed E-state index contributed by atoms with van der Waals surface area (Å²) < 4.78 is 27.7. The summed E-state index contributed by atoms with van der Waals surface area (Å²) in [5.41, 5.74) is 0.732. The number of carbonyl (C=O) groups excluding carboxylic acids is 1. The maximum Gasteiger partial charge on any atom is 0.261 e. The van der Waals surface area contributed by atoms with Crippen LogP contribution in [-0.2, 0) is 10.0 Å². The number of hydrogen-bond donors (Lipinski definition) is 1. The van der Waals surface area contributed by atoms with E-state index in [1.54, 1.807) is 36.4 Å². The Bertz CT molecular complexity index is 1070. The molecule has 3 aromatic carbocycles. The zero-order valence-electron chi connectivity index (χ0n) is 13.3. The van der Waals surface area contributed by atoms with Gasteiger partial charge in [-0.3, -0.25) is 9.52 Å². The number of anilines is 1. The summed E-state index contributed by atoms with van der Waals surface area (Å²) >= 11 is 11.9. The van der Waals surface area contributed by atoms with Crippen LogP contribution in [0.1, 0.15) is 15.9 Å². The molecule has 0 radical (unpaired) electrons. The molecule has 0 fully saturated rings. The van der Waals surface area contributed by atoms with Crippen LogP contribution in [0, 0.1) is 0 Å². The van der Waals surface area contributed by atoms with Crippen molar-refractivity contribution in [2.24, 2.45) is 0 Å². The van der Waals surface area contributed by atoms with Crippen LogP contribution < -0.4 is 4.72 Å². The first-order chi connectivity index (χ1) is 12.4. The topological polar surface area (TPSA) is 63.2 Å². The van der Waals surface area contributed by atoms with E-state index in [1.807, 2.05) is 0 Å². The Morgan fingerprint density at radius 3 is 2.19 bits per heavy atom. The molecule has 0 atom stereocenters. The third-order valence-electron chi connectivity index (χ3n) is 3.61. The van der Waals surface area contributed by atoms with Gasteiger partial charge in [0, 0.05) is 21.2 Å². The molecule has 3 aromatic rings. The molecule has 0 spiro atoms. The number of nitrogens with one attached hydrogen (secondary N) is 1. The van der Waals surface area contributed by atoms with E-state index < -0.39 is 10.0 Å². The normalized spacial score (nSPS) is 11.2. The Hall–Kier alpha value is -2.34. The van der Waals surface area contributed by atoms with E-state index in [9.17, 15) is 13.2 Å². The fourth-order valence-electron chi connectivity index (χ4n) is 2.38. The van der Waals surface area contributed by atoms with Gasteiger partial charge in [0.25, 0.3) is 10.0 Å². The Labute approximate surface area is 161 Å². The summed E-state index contributed by atoms with van der Waals surface area (Å²) in [7, 11) is -3.92. The number of carbonyl (C=O) groups is 1. The molecule has 0 heterocycles. The monoisotopic (exact) mass is 405 g/mol. The average Bonchev–Trinajstić information content (AvgIpc) is 2.63. The largest absolute Gasteiger partial charge is 0.289 e. The van der Waals surface area contributed by atoms with Crippen LogP contribution in [-0.4, -0.2) is 14.2 Å². The van der Waals surface area contributed by atoms with Crippen molar-refractivity contribution in [3.63, 3.8) is 0 Å². The lowest BCUT2D eigenvalue weighted by Gasteiger charge is -2.13. The third-order valence-corrected chi connectivity index (χ3v) is 5.45. The second kappa shape index (κ2) is 7.50. The number of halogens is 2. The highest BCUT2D eigenvalue weighted by Crippen LogP contribution is 2.26. The fourth-order valence-corrected chi connectivity index (χ4v) is 3.93. The second-order valence-electron chi connectivity index (χ2n) is 5.45. The van der Waals surface area contributed by atoms with Gasteiger partial charge in [-0.2, -0.15) is 0 Å². The quantitative estimate of drug-likeness (QED) is 0.605. The Morgan fingerprint density at radius 2 is 1.50 bits per heavy atom. The van der Waals surface area contributed by atoms with Crippen LogP contribution in [0.2, 0.25) is 10.0 Å². The van der Waals surface area contributed by atoms with Crippen LogP contribution in [0.3, 0.4) is 0 Å². The maximum absolute atomic E-state index is 12.8. The molecule has 0 saturated carbocycles. The number of hydrogen-bond acceptors (Lipinski definition) is 3. The van der Waals surface area contributed by atoms with E-state index >= 15 is 0 Å². The van der Waals surface area contributed by atoms with Gasteiger partial charge >= 0.3 is 0 Å². The molecule has 0 saturated heterocycles. The van der Waals surface area contributed by atoms with Crippen molar-refractivity contribution >= 4 is 44.7 Å². The van der Waals surface area contributed by atoms with Gasteiger partial charge in [-0.15, -0.1) is 0 Å². The first kappa shape index (κ1) is 18.5. The van der Waals surface area contributed by atoms with E-state index in [0.29, 0.717) is 15.6 Å². The molecular formula is C19H13Cl2NO3S. The standard InChI is InChI=1S/C19H13Cl2NO3S/c20-14-7-4-8-16(11-14)26(24,25)22-18-10-9-15(21)12-17(18)19(23)13-5-2-1-3-6-13/h1-12,22H. The minimum absolute atomic E-state index is 0.00180. The fraction of sp³-hybridized carbons (Fsp3) is 0. The van der Waals surface area contributed by atoms with Crippen LogP contribution in [0.15, 0.2) is 77.7 Å². The molecular weight excluding hydrogens is 393 g/mol. The van der Waals surface area contributed by atoms with Gasteiger partial charge in [0.2, 0.25) is 0 Å². The van der Waals surface area contributed by atoms with Crippen LogP contribution in [0.25, 0.3) is 0 Å². The Morgan fingerprint density at radius 1 is 0.808 bits per heavy atom. The Balaban J connectivity index is 2.02. The van der Waals surface area contributed by atoms with E-state index in [1.165, 1.54) is 36.4 Å². The molecule has 0 amide bonds. The molecule has 3 rings (SSSR count). The predicted molar refractivity (Wildman–Crippen MR) is 104 cm³/mol. The van der Waals surface area contributed by atoms with Gasteiger partial charge in [0.05, 0.1) is 10.6 Å². The molecule has 0 aromatic heterocycles. The summed E-state index contributed by atoms with van der Waals surface area (Å²) in [6.45, 7) is 0. The lowest BCUT2D eigenvalue weighted by atomic mass is 10.0. The summed E-state index contributed by atoms with van der Waals surface area (Å²) in [6, 6.07) is 18.8. The van der Waals surface area contributed by atoms with Gasteiger partial charge in [-0.25, -0.2) is 8.42 Å². The molecule has 0 unspecified atom stereocenters. The molecule has 4 nitrogen and oxygen atoms in total. The van der Waals surface area contributed by atoms with Crippen molar-refractivity contribution in [2.75, 3.05) is 4.72 Å². The summed E-state index contributed by atoms with van der Waals surface area (Å²) in [5, 5.41) is 0.625. The van der Waals surface area contributed by atoms with Gasteiger partial charge in [-0.1, -0.05) is 59.6 Å². The summed E-state index contributed by atoms with van der Waals surface area (Å²) in [6.07, 6.45) is 0. The highest BCUT2D eigenvalue weighted by molar-refractivity contribution is 7.92. The van der Waals surface area contributed by atoms with Gasteiger partial charge < -0.3 is 0 Å². The highest BCUT2D eigenvalue weighted by atomic mass is 35.5. The Kier molecular flexibility index (Phi) is 5.32. The second-order valence-corrected chi connectivity index (χ2v) is 8.00. The summed E-state index contributed by atoms with van der Waals surface area (Å²) in [5.74, 6) is -0.336. The van der Waals surface area contributed by atoms with Gasteiger partial charge in [-0.05, 0) is 36.4 Å². The van der Waals surface area contributed by atoms with E-state index in [0.717, 1.165) is 0 Å². The molecule has 132 valence electrons. The molecule has 26 heavy (non-hydrogen) atoms. The van der Waals surface area contributed by atoms with E-state index in [4.69, 9.17) is 23.2 Å².